The number of esters is 2. The van der Waals surface area contributed by atoms with Gasteiger partial charge in [-0.15, -0.1) is 0 Å². The largest absolute Gasteiger partial charge is 0.506 e. The van der Waals surface area contributed by atoms with Crippen LogP contribution in [0.2, 0.25) is 0 Å². The van der Waals surface area contributed by atoms with Crippen LogP contribution >= 0.6 is 0 Å². The van der Waals surface area contributed by atoms with Gasteiger partial charge in [-0.05, 0) is 30.5 Å². The number of para-hydroxylation sites is 1. The van der Waals surface area contributed by atoms with Crippen molar-refractivity contribution >= 4 is 34.3 Å². The summed E-state index contributed by atoms with van der Waals surface area (Å²) in [5.74, 6) is -2.24. The fraction of sp³-hybridized carbons (Fsp3) is 0.136. The minimum Gasteiger partial charge on any atom is -0.506 e. The third-order valence-corrected chi connectivity index (χ3v) is 4.15. The number of rotatable bonds is 6. The zero-order valence-corrected chi connectivity index (χ0v) is 15.7. The molecule has 3 aromatic carbocycles. The van der Waals surface area contributed by atoms with Crippen LogP contribution in [0.25, 0.3) is 10.8 Å². The van der Waals surface area contributed by atoms with E-state index in [1.165, 1.54) is 12.1 Å². The first-order valence-corrected chi connectivity index (χ1v) is 8.95. The Morgan fingerprint density at radius 1 is 0.862 bits per heavy atom. The maximum absolute atomic E-state index is 12.3. The number of hydrogen-bond donors (Lipinski definition) is 2. The third kappa shape index (κ3) is 4.52. The number of phenols is 1. The molecule has 0 aliphatic heterocycles. The van der Waals surface area contributed by atoms with Gasteiger partial charge in [-0.25, -0.2) is 9.59 Å². The van der Waals surface area contributed by atoms with Gasteiger partial charge in [0.25, 0.3) is 5.91 Å². The van der Waals surface area contributed by atoms with Crippen LogP contribution in [0.5, 0.6) is 5.75 Å². The molecule has 0 radical (unpaired) electrons. The van der Waals surface area contributed by atoms with E-state index in [0.29, 0.717) is 5.39 Å². The first kappa shape index (κ1) is 19.9. The molecule has 0 saturated heterocycles. The van der Waals surface area contributed by atoms with Crippen LogP contribution in [-0.4, -0.2) is 36.2 Å². The Morgan fingerprint density at radius 2 is 1.55 bits per heavy atom. The van der Waals surface area contributed by atoms with Gasteiger partial charge in [0, 0.05) is 5.39 Å². The molecule has 0 unspecified atom stereocenters. The van der Waals surface area contributed by atoms with Gasteiger partial charge >= 0.3 is 11.9 Å². The summed E-state index contributed by atoms with van der Waals surface area (Å²) in [6.07, 6.45) is 0. The van der Waals surface area contributed by atoms with Crippen molar-refractivity contribution in [2.75, 3.05) is 18.5 Å². The van der Waals surface area contributed by atoms with Crippen LogP contribution in [0.3, 0.4) is 0 Å². The second kappa shape index (κ2) is 8.88. The molecule has 0 spiro atoms. The second-order valence-corrected chi connectivity index (χ2v) is 6.07. The van der Waals surface area contributed by atoms with E-state index in [1.807, 2.05) is 6.07 Å². The van der Waals surface area contributed by atoms with E-state index in [2.05, 4.69) is 5.32 Å². The van der Waals surface area contributed by atoms with Crippen molar-refractivity contribution < 1.29 is 29.0 Å². The highest BCUT2D eigenvalue weighted by atomic mass is 16.5. The quantitative estimate of drug-likeness (QED) is 0.622. The summed E-state index contributed by atoms with van der Waals surface area (Å²) in [7, 11) is 0. The molecule has 3 rings (SSSR count). The third-order valence-electron chi connectivity index (χ3n) is 4.15. The number of nitrogens with one attached hydrogen (secondary N) is 1. The summed E-state index contributed by atoms with van der Waals surface area (Å²) in [6.45, 7) is 1.30. The van der Waals surface area contributed by atoms with E-state index in [1.54, 1.807) is 49.4 Å². The molecule has 0 aliphatic rings. The number of carbonyl (C=O) groups is 3. The van der Waals surface area contributed by atoms with E-state index in [0.717, 1.165) is 5.39 Å². The van der Waals surface area contributed by atoms with Gasteiger partial charge in [-0.3, -0.25) is 4.79 Å². The monoisotopic (exact) mass is 393 g/mol. The number of anilines is 1. The molecule has 1 amide bonds. The van der Waals surface area contributed by atoms with Crippen molar-refractivity contribution in [3.8, 4) is 5.75 Å². The smallest absolute Gasteiger partial charge is 0.342 e. The number of amides is 1. The maximum atomic E-state index is 12.3. The number of aromatic hydroxyl groups is 1. The predicted octanol–water partition coefficient (Wildman–Crippen LogP) is 3.52. The summed E-state index contributed by atoms with van der Waals surface area (Å²) in [4.78, 5) is 36.4. The van der Waals surface area contributed by atoms with E-state index in [4.69, 9.17) is 9.47 Å². The van der Waals surface area contributed by atoms with Crippen molar-refractivity contribution in [3.05, 3.63) is 71.8 Å². The van der Waals surface area contributed by atoms with Crippen LogP contribution in [0, 0.1) is 0 Å². The average molecular weight is 393 g/mol. The highest BCUT2D eigenvalue weighted by Gasteiger charge is 2.18. The average Bonchev–Trinajstić information content (AvgIpc) is 2.73. The van der Waals surface area contributed by atoms with Crippen molar-refractivity contribution in [1.82, 2.24) is 0 Å². The Kier molecular flexibility index (Phi) is 6.09. The number of carbonyl (C=O) groups excluding carboxylic acids is 3. The molecule has 3 aromatic rings. The van der Waals surface area contributed by atoms with Gasteiger partial charge in [0.1, 0.15) is 11.3 Å². The number of fused-ring (bicyclic) bond motifs is 1. The van der Waals surface area contributed by atoms with E-state index in [-0.39, 0.29) is 29.2 Å². The van der Waals surface area contributed by atoms with Crippen LogP contribution < -0.4 is 5.32 Å². The standard InChI is InChI=1S/C22H19NO6/c1-2-28-21(26)16-9-5-6-10-18(16)23-19(24)13-29-22(27)17-12-11-14-7-3-4-8-15(14)20(17)25/h3-12,25H,2,13H2,1H3,(H,23,24). The molecule has 0 fully saturated rings. The topological polar surface area (TPSA) is 102 Å². The molecule has 7 nitrogen and oxygen atoms in total. The van der Waals surface area contributed by atoms with Gasteiger partial charge in [0.15, 0.2) is 6.61 Å². The summed E-state index contributed by atoms with van der Waals surface area (Å²) < 4.78 is 9.96. The Labute approximate surface area is 166 Å². The molecule has 2 N–H and O–H groups in total. The zero-order valence-electron chi connectivity index (χ0n) is 15.7. The van der Waals surface area contributed by atoms with E-state index < -0.39 is 24.5 Å². The summed E-state index contributed by atoms with van der Waals surface area (Å²) in [5, 5.41) is 14.1. The molecule has 0 atom stereocenters. The normalized spacial score (nSPS) is 10.4. The van der Waals surface area contributed by atoms with Crippen LogP contribution in [0.15, 0.2) is 60.7 Å². The number of ether oxygens (including phenoxy) is 2. The predicted molar refractivity (Wildman–Crippen MR) is 107 cm³/mol. The van der Waals surface area contributed by atoms with E-state index in [9.17, 15) is 19.5 Å². The Hall–Kier alpha value is -3.87. The molecule has 0 bridgehead atoms. The Morgan fingerprint density at radius 3 is 2.34 bits per heavy atom. The SMILES string of the molecule is CCOC(=O)c1ccccc1NC(=O)COC(=O)c1ccc2ccccc2c1O. The molecule has 0 aliphatic carbocycles. The number of hydrogen-bond acceptors (Lipinski definition) is 6. The fourth-order valence-electron chi connectivity index (χ4n) is 2.79. The zero-order chi connectivity index (χ0) is 20.8. The van der Waals surface area contributed by atoms with Crippen molar-refractivity contribution in [3.63, 3.8) is 0 Å². The molecule has 0 aromatic heterocycles. The van der Waals surface area contributed by atoms with Gasteiger partial charge in [0.05, 0.1) is 17.9 Å². The van der Waals surface area contributed by atoms with Crippen molar-refractivity contribution in [2.24, 2.45) is 0 Å². The molecular formula is C22H19NO6. The molecule has 29 heavy (non-hydrogen) atoms. The summed E-state index contributed by atoms with van der Waals surface area (Å²) >= 11 is 0. The fourth-order valence-corrected chi connectivity index (χ4v) is 2.79. The van der Waals surface area contributed by atoms with Crippen molar-refractivity contribution in [2.45, 2.75) is 6.92 Å². The van der Waals surface area contributed by atoms with Gasteiger partial charge in [-0.1, -0.05) is 42.5 Å². The highest BCUT2D eigenvalue weighted by molar-refractivity contribution is 6.04. The lowest BCUT2D eigenvalue weighted by Crippen LogP contribution is -2.22. The summed E-state index contributed by atoms with van der Waals surface area (Å²) in [5.41, 5.74) is 0.408. The molecule has 7 heteroatoms. The molecular weight excluding hydrogens is 374 g/mol. The van der Waals surface area contributed by atoms with Crippen LogP contribution in [-0.2, 0) is 14.3 Å². The molecule has 148 valence electrons. The Balaban J connectivity index is 1.67. The maximum Gasteiger partial charge on any atom is 0.342 e. The lowest BCUT2D eigenvalue weighted by Gasteiger charge is -2.11. The summed E-state index contributed by atoms with van der Waals surface area (Å²) in [6, 6.07) is 16.5. The number of benzene rings is 3. The van der Waals surface area contributed by atoms with Crippen molar-refractivity contribution in [1.29, 1.82) is 0 Å². The van der Waals surface area contributed by atoms with E-state index >= 15 is 0 Å². The second-order valence-electron chi connectivity index (χ2n) is 6.07. The Bertz CT molecular complexity index is 1080. The first-order chi connectivity index (χ1) is 14.0. The minimum absolute atomic E-state index is 0.0385. The van der Waals surface area contributed by atoms with Crippen LogP contribution in [0.4, 0.5) is 5.69 Å². The number of phenolic OH excluding ortho intramolecular Hbond substituents is 1. The van der Waals surface area contributed by atoms with Gasteiger partial charge < -0.3 is 19.9 Å². The van der Waals surface area contributed by atoms with Crippen LogP contribution in [0.1, 0.15) is 27.6 Å². The minimum atomic E-state index is -0.831. The lowest BCUT2D eigenvalue weighted by molar-refractivity contribution is -0.119. The van der Waals surface area contributed by atoms with Gasteiger partial charge in [-0.2, -0.15) is 0 Å². The first-order valence-electron chi connectivity index (χ1n) is 8.95. The molecule has 0 heterocycles. The van der Waals surface area contributed by atoms with Gasteiger partial charge in [0.2, 0.25) is 0 Å². The molecule has 0 saturated carbocycles. The highest BCUT2D eigenvalue weighted by Crippen LogP contribution is 2.29. The lowest BCUT2D eigenvalue weighted by atomic mass is 10.1.